The summed E-state index contributed by atoms with van der Waals surface area (Å²) < 4.78 is 5.17. The third kappa shape index (κ3) is 5.50. The number of rotatable bonds is 4. The summed E-state index contributed by atoms with van der Waals surface area (Å²) in [5.74, 6) is 0.164. The van der Waals surface area contributed by atoms with Crippen molar-refractivity contribution in [2.75, 3.05) is 18.1 Å². The highest BCUT2D eigenvalue weighted by Crippen LogP contribution is 2.18. The van der Waals surface area contributed by atoms with Crippen molar-refractivity contribution in [2.45, 2.75) is 31.5 Å². The summed E-state index contributed by atoms with van der Waals surface area (Å²) in [6.45, 7) is 5.44. The Balaban J connectivity index is 2.58. The maximum Gasteiger partial charge on any atom is 0.316 e. The maximum atomic E-state index is 11.5. The first kappa shape index (κ1) is 15.0. The number of nitrogens with zero attached hydrogens (tertiary/aromatic N) is 3. The van der Waals surface area contributed by atoms with Crippen LogP contribution >= 0.6 is 23.4 Å². The van der Waals surface area contributed by atoms with Crippen LogP contribution in [0.3, 0.4) is 0 Å². The van der Waals surface area contributed by atoms with Crippen LogP contribution in [0.4, 0.5) is 5.95 Å². The van der Waals surface area contributed by atoms with Crippen LogP contribution in [0.2, 0.25) is 5.28 Å². The average molecular weight is 291 g/mol. The lowest BCUT2D eigenvalue weighted by Crippen LogP contribution is -2.25. The predicted molar refractivity (Wildman–Crippen MR) is 71.0 cm³/mol. The number of carbonyl (C=O) groups excluding carboxylic acids is 1. The number of thioether (sulfide) groups is 1. The molecule has 1 aromatic rings. The molecule has 100 valence electrons. The molecule has 0 radical (unpaired) electrons. The zero-order chi connectivity index (χ0) is 13.8. The third-order valence-electron chi connectivity index (χ3n) is 1.55. The maximum absolute atomic E-state index is 11.5. The van der Waals surface area contributed by atoms with Crippen molar-refractivity contribution in [2.24, 2.45) is 0 Å². The van der Waals surface area contributed by atoms with E-state index in [2.05, 4.69) is 20.3 Å². The number of hydrogen-bond donors (Lipinski definition) is 1. The van der Waals surface area contributed by atoms with E-state index in [4.69, 9.17) is 16.3 Å². The van der Waals surface area contributed by atoms with Gasteiger partial charge in [0.2, 0.25) is 11.2 Å². The molecule has 1 aromatic heterocycles. The Bertz CT molecular complexity index is 436. The molecule has 0 bridgehead atoms. The second kappa shape index (κ2) is 6.19. The van der Waals surface area contributed by atoms with Crippen molar-refractivity contribution >= 4 is 35.3 Å². The minimum atomic E-state index is -0.496. The first-order valence-corrected chi connectivity index (χ1v) is 6.60. The van der Waals surface area contributed by atoms with Crippen LogP contribution in [0, 0.1) is 0 Å². The second-order valence-corrected chi connectivity index (χ2v) is 5.62. The zero-order valence-corrected chi connectivity index (χ0v) is 12.2. The van der Waals surface area contributed by atoms with E-state index in [-0.39, 0.29) is 17.0 Å². The zero-order valence-electron chi connectivity index (χ0n) is 10.7. The van der Waals surface area contributed by atoms with Gasteiger partial charge < -0.3 is 10.1 Å². The van der Waals surface area contributed by atoms with E-state index < -0.39 is 5.60 Å². The fourth-order valence-corrected chi connectivity index (χ4v) is 1.82. The van der Waals surface area contributed by atoms with E-state index in [1.54, 1.807) is 7.05 Å². The summed E-state index contributed by atoms with van der Waals surface area (Å²) >= 11 is 6.87. The van der Waals surface area contributed by atoms with Gasteiger partial charge in [-0.3, -0.25) is 4.79 Å². The fraction of sp³-hybridized carbons (Fsp3) is 0.600. The standard InChI is InChI=1S/C10H15ClN4O2S/c1-10(2,3)17-6(16)5-18-9-14-7(11)13-8(12-4)15-9/h5H2,1-4H3,(H,12,13,14,15). The molecule has 0 saturated heterocycles. The lowest BCUT2D eigenvalue weighted by molar-refractivity contribution is -0.151. The molecule has 0 amide bonds. The summed E-state index contributed by atoms with van der Waals surface area (Å²) in [5, 5.41) is 3.22. The second-order valence-electron chi connectivity index (χ2n) is 4.34. The van der Waals surface area contributed by atoms with Gasteiger partial charge >= 0.3 is 5.97 Å². The Labute approximate surface area is 115 Å². The molecule has 0 aliphatic carbocycles. The molecule has 1 rings (SSSR count). The number of aromatic nitrogens is 3. The van der Waals surface area contributed by atoms with Crippen LogP contribution in [0.5, 0.6) is 0 Å². The van der Waals surface area contributed by atoms with Gasteiger partial charge in [-0.05, 0) is 32.4 Å². The van der Waals surface area contributed by atoms with E-state index in [9.17, 15) is 4.79 Å². The van der Waals surface area contributed by atoms with E-state index >= 15 is 0 Å². The van der Waals surface area contributed by atoms with Gasteiger partial charge in [0.05, 0.1) is 5.75 Å². The predicted octanol–water partition coefficient (Wildman–Crippen LogP) is 2.00. The molecular weight excluding hydrogens is 276 g/mol. The molecule has 0 aromatic carbocycles. The molecular formula is C10H15ClN4O2S. The van der Waals surface area contributed by atoms with Crippen LogP contribution in [0.25, 0.3) is 0 Å². The normalized spacial score (nSPS) is 11.2. The molecule has 18 heavy (non-hydrogen) atoms. The number of ether oxygens (including phenoxy) is 1. The molecule has 6 nitrogen and oxygen atoms in total. The van der Waals surface area contributed by atoms with Gasteiger partial charge in [-0.15, -0.1) is 0 Å². The molecule has 0 fully saturated rings. The van der Waals surface area contributed by atoms with Gasteiger partial charge in [0.25, 0.3) is 0 Å². The quantitative estimate of drug-likeness (QED) is 0.671. The highest BCUT2D eigenvalue weighted by atomic mass is 35.5. The van der Waals surface area contributed by atoms with Crippen LogP contribution in [0.1, 0.15) is 20.8 Å². The largest absolute Gasteiger partial charge is 0.459 e. The molecule has 0 atom stereocenters. The van der Waals surface area contributed by atoms with Gasteiger partial charge in [0.15, 0.2) is 5.16 Å². The smallest absolute Gasteiger partial charge is 0.316 e. The highest BCUT2D eigenvalue weighted by Gasteiger charge is 2.17. The van der Waals surface area contributed by atoms with Crippen LogP contribution in [0.15, 0.2) is 5.16 Å². The first-order chi connectivity index (χ1) is 8.30. The molecule has 1 heterocycles. The Morgan fingerprint density at radius 1 is 1.39 bits per heavy atom. The van der Waals surface area contributed by atoms with Crippen molar-refractivity contribution in [1.29, 1.82) is 0 Å². The Morgan fingerprint density at radius 3 is 2.61 bits per heavy atom. The monoisotopic (exact) mass is 290 g/mol. The molecule has 0 saturated carbocycles. The van der Waals surface area contributed by atoms with E-state index in [0.29, 0.717) is 11.1 Å². The number of halogens is 1. The van der Waals surface area contributed by atoms with Gasteiger partial charge in [0, 0.05) is 7.05 Å². The van der Waals surface area contributed by atoms with Crippen molar-refractivity contribution in [3.8, 4) is 0 Å². The molecule has 0 aliphatic rings. The minimum Gasteiger partial charge on any atom is -0.459 e. The van der Waals surface area contributed by atoms with Crippen LogP contribution in [-0.2, 0) is 9.53 Å². The molecule has 0 spiro atoms. The van der Waals surface area contributed by atoms with Gasteiger partial charge in [0.1, 0.15) is 5.60 Å². The van der Waals surface area contributed by atoms with E-state index in [1.807, 2.05) is 20.8 Å². The third-order valence-corrected chi connectivity index (χ3v) is 2.54. The highest BCUT2D eigenvalue weighted by molar-refractivity contribution is 7.99. The minimum absolute atomic E-state index is 0.0843. The van der Waals surface area contributed by atoms with Gasteiger partial charge in [-0.1, -0.05) is 11.8 Å². The van der Waals surface area contributed by atoms with Crippen molar-refractivity contribution < 1.29 is 9.53 Å². The summed E-state index contributed by atoms with van der Waals surface area (Å²) in [7, 11) is 1.67. The number of nitrogens with one attached hydrogen (secondary N) is 1. The molecule has 0 unspecified atom stereocenters. The van der Waals surface area contributed by atoms with Crippen molar-refractivity contribution in [1.82, 2.24) is 15.0 Å². The van der Waals surface area contributed by atoms with Crippen LogP contribution < -0.4 is 5.32 Å². The summed E-state index contributed by atoms with van der Waals surface area (Å²) in [5.41, 5.74) is -0.496. The summed E-state index contributed by atoms with van der Waals surface area (Å²) in [6, 6.07) is 0. The molecule has 1 N–H and O–H groups in total. The van der Waals surface area contributed by atoms with Gasteiger partial charge in [-0.2, -0.15) is 15.0 Å². The van der Waals surface area contributed by atoms with Crippen molar-refractivity contribution in [3.05, 3.63) is 5.28 Å². The van der Waals surface area contributed by atoms with Crippen molar-refractivity contribution in [3.63, 3.8) is 0 Å². The lowest BCUT2D eigenvalue weighted by atomic mass is 10.2. The van der Waals surface area contributed by atoms with Crippen LogP contribution in [-0.4, -0.2) is 39.3 Å². The Hall–Kier alpha value is -1.08. The van der Waals surface area contributed by atoms with Gasteiger partial charge in [-0.25, -0.2) is 0 Å². The number of anilines is 1. The topological polar surface area (TPSA) is 77.0 Å². The van der Waals surface area contributed by atoms with E-state index in [1.165, 1.54) is 0 Å². The summed E-state index contributed by atoms with van der Waals surface area (Å²) in [6.07, 6.45) is 0. The number of carbonyl (C=O) groups is 1. The average Bonchev–Trinajstić information content (AvgIpc) is 2.23. The van der Waals surface area contributed by atoms with E-state index in [0.717, 1.165) is 11.8 Å². The Kier molecular flexibility index (Phi) is 5.15. The number of esters is 1. The first-order valence-electron chi connectivity index (χ1n) is 5.24. The number of hydrogen-bond acceptors (Lipinski definition) is 7. The molecule has 8 heteroatoms. The molecule has 0 aliphatic heterocycles. The lowest BCUT2D eigenvalue weighted by Gasteiger charge is -2.19. The summed E-state index contributed by atoms with van der Waals surface area (Å²) in [4.78, 5) is 23.3. The Morgan fingerprint density at radius 2 is 2.06 bits per heavy atom. The fourth-order valence-electron chi connectivity index (χ4n) is 1.00. The SMILES string of the molecule is CNc1nc(Cl)nc(SCC(=O)OC(C)(C)C)n1.